The molecule has 4 aromatic rings. The Labute approximate surface area is 138 Å². The van der Waals surface area contributed by atoms with Crippen molar-refractivity contribution in [1.29, 1.82) is 0 Å². The number of carbonyl (C=O) groups excluding carboxylic acids is 1. The van der Waals surface area contributed by atoms with Crippen LogP contribution in [0.4, 0.5) is 16.2 Å². The molecular weight excluding hydrogens is 300 g/mol. The van der Waals surface area contributed by atoms with Crippen LogP contribution in [0.15, 0.2) is 71.1 Å². The fourth-order valence-corrected chi connectivity index (χ4v) is 3.35. The molecule has 116 valence electrons. The van der Waals surface area contributed by atoms with Crippen molar-refractivity contribution in [2.24, 2.45) is 0 Å². The fraction of sp³-hybridized carbons (Fsp3) is 0.0500. The average Bonchev–Trinajstić information content (AvgIpc) is 2.99. The van der Waals surface area contributed by atoms with Crippen LogP contribution in [0.2, 0.25) is 0 Å². The van der Waals surface area contributed by atoms with Gasteiger partial charge in [0.05, 0.1) is 11.4 Å². The molecule has 4 heteroatoms. The predicted molar refractivity (Wildman–Crippen MR) is 94.5 cm³/mol. The number of fused-ring (bicyclic) bond motifs is 4. The Morgan fingerprint density at radius 3 is 2.62 bits per heavy atom. The highest BCUT2D eigenvalue weighted by Gasteiger charge is 2.25. The fourth-order valence-electron chi connectivity index (χ4n) is 3.35. The maximum absolute atomic E-state index is 12.5. The van der Waals surface area contributed by atoms with Crippen molar-refractivity contribution < 1.29 is 9.21 Å². The number of rotatable bonds is 1. The molecule has 0 unspecified atom stereocenters. The van der Waals surface area contributed by atoms with Crippen LogP contribution in [0.25, 0.3) is 21.9 Å². The first-order valence-electron chi connectivity index (χ1n) is 7.88. The molecule has 0 aliphatic carbocycles. The van der Waals surface area contributed by atoms with Crippen molar-refractivity contribution >= 4 is 39.3 Å². The zero-order valence-electron chi connectivity index (χ0n) is 12.8. The van der Waals surface area contributed by atoms with Crippen LogP contribution in [0, 0.1) is 0 Å². The van der Waals surface area contributed by atoms with Gasteiger partial charge in [0.1, 0.15) is 11.2 Å². The molecule has 1 aliphatic rings. The van der Waals surface area contributed by atoms with Gasteiger partial charge in [-0.3, -0.25) is 4.90 Å². The van der Waals surface area contributed by atoms with Crippen LogP contribution >= 0.6 is 0 Å². The number of anilines is 2. The van der Waals surface area contributed by atoms with E-state index in [0.717, 1.165) is 38.9 Å². The lowest BCUT2D eigenvalue weighted by Gasteiger charge is -2.30. The van der Waals surface area contributed by atoms with Gasteiger partial charge in [-0.1, -0.05) is 36.4 Å². The monoisotopic (exact) mass is 314 g/mol. The molecular formula is C20H14N2O2. The summed E-state index contributed by atoms with van der Waals surface area (Å²) in [5.74, 6) is 0. The lowest BCUT2D eigenvalue weighted by Crippen LogP contribution is -2.41. The SMILES string of the molecule is O=C1NCc2ccccc2N1c1ccc2oc3ccccc3c2c1. The number of nitrogens with zero attached hydrogens (tertiary/aromatic N) is 1. The highest BCUT2D eigenvalue weighted by atomic mass is 16.3. The third kappa shape index (κ3) is 1.83. The summed E-state index contributed by atoms with van der Waals surface area (Å²) in [6, 6.07) is 21.7. The van der Waals surface area contributed by atoms with E-state index < -0.39 is 0 Å². The number of hydrogen-bond donors (Lipinski definition) is 1. The van der Waals surface area contributed by atoms with E-state index in [-0.39, 0.29) is 6.03 Å². The number of para-hydroxylation sites is 2. The highest BCUT2D eigenvalue weighted by molar-refractivity contribution is 6.09. The van der Waals surface area contributed by atoms with Crippen LogP contribution in [0.5, 0.6) is 0 Å². The first kappa shape index (κ1) is 13.2. The van der Waals surface area contributed by atoms with Gasteiger partial charge in [-0.15, -0.1) is 0 Å². The molecule has 24 heavy (non-hydrogen) atoms. The van der Waals surface area contributed by atoms with Gasteiger partial charge < -0.3 is 9.73 Å². The van der Waals surface area contributed by atoms with Gasteiger partial charge >= 0.3 is 6.03 Å². The Morgan fingerprint density at radius 1 is 0.875 bits per heavy atom. The molecule has 0 saturated carbocycles. The standard InChI is InChI=1S/C20H14N2O2/c23-20-21-12-13-5-1-3-7-17(13)22(20)14-9-10-19-16(11-14)15-6-2-4-8-18(15)24-19/h1-11H,12H2,(H,21,23). The van der Waals surface area contributed by atoms with Crippen molar-refractivity contribution in [1.82, 2.24) is 5.32 Å². The maximum atomic E-state index is 12.5. The second kappa shape index (κ2) is 4.86. The summed E-state index contributed by atoms with van der Waals surface area (Å²) < 4.78 is 5.87. The molecule has 1 aromatic heterocycles. The highest BCUT2D eigenvalue weighted by Crippen LogP contribution is 2.36. The molecule has 0 bridgehead atoms. The number of urea groups is 1. The van der Waals surface area contributed by atoms with Crippen molar-refractivity contribution in [3.05, 3.63) is 72.3 Å². The third-order valence-corrected chi connectivity index (χ3v) is 4.48. The first-order chi connectivity index (χ1) is 11.8. The summed E-state index contributed by atoms with van der Waals surface area (Å²) in [6.45, 7) is 0.558. The zero-order valence-corrected chi connectivity index (χ0v) is 12.8. The molecule has 0 atom stereocenters. The van der Waals surface area contributed by atoms with Gasteiger partial charge in [0.25, 0.3) is 0 Å². The lowest BCUT2D eigenvalue weighted by molar-refractivity contribution is 0.247. The van der Waals surface area contributed by atoms with Crippen LogP contribution < -0.4 is 10.2 Å². The second-order valence-electron chi connectivity index (χ2n) is 5.90. The van der Waals surface area contributed by atoms with E-state index in [1.54, 1.807) is 4.90 Å². The molecule has 2 amide bonds. The Bertz CT molecular complexity index is 1100. The smallest absolute Gasteiger partial charge is 0.326 e. The molecule has 0 saturated heterocycles. The number of amides is 2. The average molecular weight is 314 g/mol. The quantitative estimate of drug-likeness (QED) is 0.540. The summed E-state index contributed by atoms with van der Waals surface area (Å²) in [6.07, 6.45) is 0. The van der Waals surface area contributed by atoms with Gasteiger partial charge in [0.2, 0.25) is 0 Å². The Hall–Kier alpha value is -3.27. The number of furan rings is 1. The van der Waals surface area contributed by atoms with Gasteiger partial charge in [-0.25, -0.2) is 4.79 Å². The number of benzene rings is 3. The van der Waals surface area contributed by atoms with Gasteiger partial charge in [-0.2, -0.15) is 0 Å². The Balaban J connectivity index is 1.74. The predicted octanol–water partition coefficient (Wildman–Crippen LogP) is 4.95. The Kier molecular flexibility index (Phi) is 2.67. The second-order valence-corrected chi connectivity index (χ2v) is 5.90. The van der Waals surface area contributed by atoms with Crippen LogP contribution in [-0.4, -0.2) is 6.03 Å². The van der Waals surface area contributed by atoms with E-state index in [1.807, 2.05) is 66.7 Å². The number of nitrogens with one attached hydrogen (secondary N) is 1. The molecule has 4 nitrogen and oxygen atoms in total. The summed E-state index contributed by atoms with van der Waals surface area (Å²) in [5.41, 5.74) is 4.54. The van der Waals surface area contributed by atoms with Crippen molar-refractivity contribution in [2.45, 2.75) is 6.54 Å². The van der Waals surface area contributed by atoms with E-state index in [4.69, 9.17) is 4.42 Å². The van der Waals surface area contributed by atoms with E-state index >= 15 is 0 Å². The minimum absolute atomic E-state index is 0.110. The molecule has 0 spiro atoms. The summed E-state index contributed by atoms with van der Waals surface area (Å²) in [7, 11) is 0. The van der Waals surface area contributed by atoms with E-state index in [9.17, 15) is 4.79 Å². The normalized spacial score (nSPS) is 14.0. The maximum Gasteiger partial charge on any atom is 0.326 e. The topological polar surface area (TPSA) is 45.5 Å². The van der Waals surface area contributed by atoms with Crippen LogP contribution in [0.1, 0.15) is 5.56 Å². The Morgan fingerprint density at radius 2 is 1.67 bits per heavy atom. The molecule has 5 rings (SSSR count). The summed E-state index contributed by atoms with van der Waals surface area (Å²) in [4.78, 5) is 14.2. The molecule has 1 aliphatic heterocycles. The van der Waals surface area contributed by atoms with E-state index in [0.29, 0.717) is 6.54 Å². The van der Waals surface area contributed by atoms with Gasteiger partial charge in [-0.05, 0) is 35.9 Å². The van der Waals surface area contributed by atoms with Gasteiger partial charge in [0.15, 0.2) is 0 Å². The summed E-state index contributed by atoms with van der Waals surface area (Å²) >= 11 is 0. The van der Waals surface area contributed by atoms with E-state index in [1.165, 1.54) is 0 Å². The van der Waals surface area contributed by atoms with E-state index in [2.05, 4.69) is 5.32 Å². The van der Waals surface area contributed by atoms with Gasteiger partial charge in [0, 0.05) is 17.3 Å². The van der Waals surface area contributed by atoms with Crippen molar-refractivity contribution in [3.63, 3.8) is 0 Å². The minimum atomic E-state index is -0.110. The molecule has 2 heterocycles. The largest absolute Gasteiger partial charge is 0.456 e. The summed E-state index contributed by atoms with van der Waals surface area (Å²) in [5, 5.41) is 5.00. The number of carbonyl (C=O) groups is 1. The third-order valence-electron chi connectivity index (χ3n) is 4.48. The molecule has 0 radical (unpaired) electrons. The zero-order chi connectivity index (χ0) is 16.1. The van der Waals surface area contributed by atoms with Crippen molar-refractivity contribution in [2.75, 3.05) is 4.90 Å². The van der Waals surface area contributed by atoms with Crippen molar-refractivity contribution in [3.8, 4) is 0 Å². The minimum Gasteiger partial charge on any atom is -0.456 e. The molecule has 1 N–H and O–H groups in total. The van der Waals surface area contributed by atoms with Crippen LogP contribution in [-0.2, 0) is 6.54 Å². The lowest BCUT2D eigenvalue weighted by atomic mass is 10.1. The van der Waals surface area contributed by atoms with Crippen LogP contribution in [0.3, 0.4) is 0 Å². The first-order valence-corrected chi connectivity index (χ1v) is 7.88. The molecule has 3 aromatic carbocycles. The molecule has 0 fully saturated rings. The number of hydrogen-bond acceptors (Lipinski definition) is 2.